The van der Waals surface area contributed by atoms with Crippen molar-refractivity contribution in [1.82, 2.24) is 0 Å². The van der Waals surface area contributed by atoms with Crippen molar-refractivity contribution in [3.63, 3.8) is 0 Å². The molecule has 9 atom stereocenters. The van der Waals surface area contributed by atoms with Crippen LogP contribution in [0.25, 0.3) is 0 Å². The minimum absolute atomic E-state index is 0.274. The van der Waals surface area contributed by atoms with Gasteiger partial charge >= 0.3 is 5.97 Å². The third-order valence-electron chi connectivity index (χ3n) is 4.21. The van der Waals surface area contributed by atoms with E-state index in [4.69, 9.17) is 42.1 Å². The smallest absolute Gasteiger partial charge is 0.302 e. The first-order valence-corrected chi connectivity index (χ1v) is 8.67. The van der Waals surface area contributed by atoms with Crippen LogP contribution in [0.3, 0.4) is 0 Å². The van der Waals surface area contributed by atoms with Crippen molar-refractivity contribution >= 4 is 29.2 Å². The van der Waals surface area contributed by atoms with Crippen LogP contribution in [0.4, 0.5) is 0 Å². The van der Waals surface area contributed by atoms with Crippen molar-refractivity contribution in [2.45, 2.75) is 67.9 Å². The van der Waals surface area contributed by atoms with E-state index < -0.39 is 60.0 Å². The molecule has 0 spiro atoms. The van der Waals surface area contributed by atoms with Crippen LogP contribution in [0.1, 0.15) is 13.8 Å². The molecule has 0 radical (unpaired) electrons. The molecule has 4 N–H and O–H groups in total. The number of carbonyl (C=O) groups is 1. The van der Waals surface area contributed by atoms with Crippen LogP contribution in [-0.4, -0.2) is 93.0 Å². The lowest BCUT2D eigenvalue weighted by Gasteiger charge is -2.43. The predicted molar refractivity (Wildman–Crippen MR) is 84.0 cm³/mol. The molecule has 146 valence electrons. The number of halogens is 2. The Morgan fingerprint density at radius 3 is 2.32 bits per heavy atom. The molecule has 2 aliphatic rings. The Balaban J connectivity index is 2.14. The highest BCUT2D eigenvalue weighted by Crippen LogP contribution is 2.37. The Labute approximate surface area is 154 Å². The van der Waals surface area contributed by atoms with Crippen LogP contribution in [0.5, 0.6) is 0 Å². The fourth-order valence-corrected chi connectivity index (χ4v) is 3.30. The maximum absolute atomic E-state index is 10.9. The maximum atomic E-state index is 10.9. The van der Waals surface area contributed by atoms with Crippen LogP contribution in [0.2, 0.25) is 0 Å². The monoisotopic (exact) mass is 404 g/mol. The molecule has 0 bridgehead atoms. The largest absolute Gasteiger partial charge is 0.463 e. The summed E-state index contributed by atoms with van der Waals surface area (Å²) in [5.41, 5.74) is 0. The van der Waals surface area contributed by atoms with E-state index >= 15 is 0 Å². The number of hydrogen-bond donors (Lipinski definition) is 4. The molecule has 2 saturated heterocycles. The van der Waals surface area contributed by atoms with Crippen LogP contribution in [0.15, 0.2) is 0 Å². The number of aliphatic hydroxyl groups is 4. The van der Waals surface area contributed by atoms with Gasteiger partial charge in [-0.25, -0.2) is 0 Å². The van der Waals surface area contributed by atoms with Gasteiger partial charge in [-0.2, -0.15) is 0 Å². The van der Waals surface area contributed by atoms with Gasteiger partial charge in [0.15, 0.2) is 6.29 Å². The third kappa shape index (κ3) is 4.20. The van der Waals surface area contributed by atoms with Gasteiger partial charge in [-0.15, -0.1) is 23.2 Å². The van der Waals surface area contributed by atoms with Crippen LogP contribution < -0.4 is 0 Å². The summed E-state index contributed by atoms with van der Waals surface area (Å²) < 4.78 is 21.2. The Kier molecular flexibility index (Phi) is 6.91. The summed E-state index contributed by atoms with van der Waals surface area (Å²) in [4.78, 5) is 10.9. The summed E-state index contributed by atoms with van der Waals surface area (Å²) in [6, 6.07) is 0. The molecule has 2 fully saturated rings. The molecule has 0 aromatic heterocycles. The lowest BCUT2D eigenvalue weighted by molar-refractivity contribution is -0.358. The van der Waals surface area contributed by atoms with Crippen LogP contribution in [0, 0.1) is 0 Å². The van der Waals surface area contributed by atoms with Crippen molar-refractivity contribution in [1.29, 1.82) is 0 Å². The summed E-state index contributed by atoms with van der Waals surface area (Å²) >= 11 is 11.9. The zero-order chi connectivity index (χ0) is 18.9. The van der Waals surface area contributed by atoms with Crippen molar-refractivity contribution in [2.24, 2.45) is 0 Å². The van der Waals surface area contributed by atoms with E-state index in [1.54, 1.807) is 0 Å². The Morgan fingerprint density at radius 2 is 1.84 bits per heavy atom. The molecule has 0 aliphatic carbocycles. The Bertz CT molecular complexity index is 481. The van der Waals surface area contributed by atoms with Gasteiger partial charge < -0.3 is 39.4 Å². The first-order chi connectivity index (χ1) is 11.6. The van der Waals surface area contributed by atoms with Gasteiger partial charge in [0, 0.05) is 6.92 Å². The van der Waals surface area contributed by atoms with Gasteiger partial charge in [-0.1, -0.05) is 0 Å². The molecule has 9 unspecified atom stereocenters. The van der Waals surface area contributed by atoms with E-state index in [2.05, 4.69) is 0 Å². The molecule has 2 rings (SSSR count). The molecule has 0 aromatic carbocycles. The molecular formula is C14H22Cl2O9. The maximum Gasteiger partial charge on any atom is 0.302 e. The van der Waals surface area contributed by atoms with Gasteiger partial charge in [0.2, 0.25) is 5.79 Å². The molecule has 0 amide bonds. The average molecular weight is 405 g/mol. The minimum atomic E-state index is -1.85. The quantitative estimate of drug-likeness (QED) is 0.325. The number of hydrogen-bond acceptors (Lipinski definition) is 9. The highest BCUT2D eigenvalue weighted by atomic mass is 35.5. The van der Waals surface area contributed by atoms with Crippen molar-refractivity contribution < 1.29 is 44.2 Å². The van der Waals surface area contributed by atoms with Crippen molar-refractivity contribution in [3.8, 4) is 0 Å². The molecule has 25 heavy (non-hydrogen) atoms. The lowest BCUT2D eigenvalue weighted by Crippen LogP contribution is -2.61. The van der Waals surface area contributed by atoms with Gasteiger partial charge in [-0.3, -0.25) is 4.79 Å². The fraction of sp³-hybridized carbons (Fsp3) is 0.929. The lowest BCUT2D eigenvalue weighted by atomic mass is 10.0. The Hall–Kier alpha value is -0.230. The van der Waals surface area contributed by atoms with E-state index in [-0.39, 0.29) is 12.5 Å². The molecular weight excluding hydrogens is 383 g/mol. The van der Waals surface area contributed by atoms with Gasteiger partial charge in [0.1, 0.15) is 37.1 Å². The van der Waals surface area contributed by atoms with Crippen LogP contribution in [-0.2, 0) is 23.7 Å². The zero-order valence-electron chi connectivity index (χ0n) is 13.6. The fourth-order valence-electron chi connectivity index (χ4n) is 2.73. The SMILES string of the molecule is CC(=O)OCC1OC(OC2(CCl)OC(C)C(O)C2O)C(O)C(O)C1Cl. The highest BCUT2D eigenvalue weighted by molar-refractivity contribution is 6.21. The molecule has 2 heterocycles. The van der Waals surface area contributed by atoms with Crippen molar-refractivity contribution in [2.75, 3.05) is 12.5 Å². The summed E-state index contributed by atoms with van der Waals surface area (Å²) in [5.74, 6) is -2.80. The van der Waals surface area contributed by atoms with E-state index in [1.165, 1.54) is 13.8 Å². The summed E-state index contributed by atoms with van der Waals surface area (Å²) in [6.07, 6.45) is -9.07. The van der Waals surface area contributed by atoms with E-state index in [0.717, 1.165) is 0 Å². The number of carbonyl (C=O) groups excluding carboxylic acids is 1. The van der Waals surface area contributed by atoms with Gasteiger partial charge in [-0.05, 0) is 6.92 Å². The molecule has 0 saturated carbocycles. The third-order valence-corrected chi connectivity index (χ3v) is 5.12. The van der Waals surface area contributed by atoms with E-state index in [9.17, 15) is 25.2 Å². The van der Waals surface area contributed by atoms with E-state index in [0.29, 0.717) is 0 Å². The molecule has 2 aliphatic heterocycles. The standard InChI is InChI=1S/C14H22Cl2O9/c1-5-9(18)12(21)14(4-15,24-5)25-13-11(20)10(19)8(16)7(23-13)3-22-6(2)17/h5,7-13,18-21H,3-4H2,1-2H3. The second-order valence-electron chi connectivity index (χ2n) is 6.09. The first-order valence-electron chi connectivity index (χ1n) is 7.69. The number of esters is 1. The molecule has 9 nitrogen and oxygen atoms in total. The second-order valence-corrected chi connectivity index (χ2v) is 6.86. The number of alkyl halides is 2. The number of aliphatic hydroxyl groups excluding tert-OH is 4. The summed E-state index contributed by atoms with van der Waals surface area (Å²) in [5, 5.41) is 39.2. The zero-order valence-corrected chi connectivity index (χ0v) is 15.1. The van der Waals surface area contributed by atoms with Crippen molar-refractivity contribution in [3.05, 3.63) is 0 Å². The molecule has 11 heteroatoms. The first kappa shape index (κ1) is 21.1. The molecule has 0 aromatic rings. The normalized spacial score (nSPS) is 47.7. The number of rotatable bonds is 5. The summed E-state index contributed by atoms with van der Waals surface area (Å²) in [7, 11) is 0. The van der Waals surface area contributed by atoms with Gasteiger partial charge in [0.05, 0.1) is 17.4 Å². The van der Waals surface area contributed by atoms with Gasteiger partial charge in [0.25, 0.3) is 0 Å². The average Bonchev–Trinajstić information content (AvgIpc) is 2.78. The predicted octanol–water partition coefficient (Wildman–Crippen LogP) is -1.30. The second kappa shape index (κ2) is 8.20. The summed E-state index contributed by atoms with van der Waals surface area (Å²) in [6.45, 7) is 2.43. The van der Waals surface area contributed by atoms with E-state index in [1.807, 2.05) is 0 Å². The topological polar surface area (TPSA) is 135 Å². The minimum Gasteiger partial charge on any atom is -0.463 e. The van der Waals surface area contributed by atoms with Crippen LogP contribution >= 0.6 is 23.2 Å². The number of ether oxygens (including phenoxy) is 4. The Morgan fingerprint density at radius 1 is 1.20 bits per heavy atom. The highest BCUT2D eigenvalue weighted by Gasteiger charge is 2.57.